The molecule has 0 atom stereocenters. The van der Waals surface area contributed by atoms with Crippen molar-refractivity contribution >= 4 is 27.1 Å². The van der Waals surface area contributed by atoms with E-state index >= 15 is 0 Å². The Kier molecular flexibility index (Phi) is 1.96. The monoisotopic (exact) mass is 109 g/mol. The van der Waals surface area contributed by atoms with Gasteiger partial charge < -0.3 is 0 Å². The van der Waals surface area contributed by atoms with Crippen LogP contribution >= 0.6 is 8.26 Å². The van der Waals surface area contributed by atoms with Crippen molar-refractivity contribution in [2.45, 2.75) is 0 Å². The van der Waals surface area contributed by atoms with Gasteiger partial charge in [-0.2, -0.15) is 0 Å². The van der Waals surface area contributed by atoms with Crippen LogP contribution in [0.3, 0.4) is 0 Å². The fourth-order valence-electron chi connectivity index (χ4n) is 0.0386. The normalized spacial score (nSPS) is 30.3. The molecule has 0 aromatic heterocycles. The van der Waals surface area contributed by atoms with Gasteiger partial charge in [0.25, 0.3) is 0 Å². The molecule has 6 heavy (non-hydrogen) atoms. The first kappa shape index (κ1) is 6.81. The summed E-state index contributed by atoms with van der Waals surface area (Å²) in [4.78, 5) is 0. The van der Waals surface area contributed by atoms with E-state index in [1.165, 1.54) is 5.25 Å². The number of rotatable bonds is 0. The third-order valence-electron chi connectivity index (χ3n) is 0.256. The molecule has 1 fully saturated rings. The Balaban J connectivity index is 0.000000250. The van der Waals surface area contributed by atoms with Gasteiger partial charge in [0.2, 0.25) is 0 Å². The van der Waals surface area contributed by atoms with Crippen LogP contribution in [0.5, 0.6) is 0 Å². The SMILES string of the molecule is F[PH]1(F)NO1.[LiH]. The van der Waals surface area contributed by atoms with Gasteiger partial charge >= 0.3 is 45.4 Å². The Morgan fingerprint density at radius 1 is 1.50 bits per heavy atom. The van der Waals surface area contributed by atoms with Crippen LogP contribution in [0.2, 0.25) is 0 Å². The molecule has 1 N–H and O–H groups in total. The second-order valence-corrected chi connectivity index (χ2v) is 2.16. The molecule has 2 nitrogen and oxygen atoms in total. The first-order chi connectivity index (χ1) is 2.21. The van der Waals surface area contributed by atoms with Crippen molar-refractivity contribution in [3.8, 4) is 0 Å². The zero-order valence-corrected chi connectivity index (χ0v) is 3.16. The van der Waals surface area contributed by atoms with Crippen LogP contribution in [0.1, 0.15) is 0 Å². The molecule has 0 radical (unpaired) electrons. The summed E-state index contributed by atoms with van der Waals surface area (Å²) in [6, 6.07) is 0. The van der Waals surface area contributed by atoms with Gasteiger partial charge in [-0.3, -0.25) is 0 Å². The van der Waals surface area contributed by atoms with Crippen LogP contribution in [0.25, 0.3) is 0 Å². The summed E-state index contributed by atoms with van der Waals surface area (Å²) in [5, 5.41) is 1.48. The predicted octanol–water partition coefficient (Wildman–Crippen LogP) is 0.222. The van der Waals surface area contributed by atoms with E-state index in [1.807, 2.05) is 0 Å². The number of hydrogen-bond donors (Lipinski definition) is 1. The Hall–Kier alpha value is 0.807. The zero-order chi connectivity index (χ0) is 3.91. The summed E-state index contributed by atoms with van der Waals surface area (Å²) >= 11 is 0. The summed E-state index contributed by atoms with van der Waals surface area (Å²) in [6.45, 7) is 0. The Morgan fingerprint density at radius 2 is 1.67 bits per heavy atom. The summed E-state index contributed by atoms with van der Waals surface area (Å²) in [6.07, 6.45) is 0. The van der Waals surface area contributed by atoms with Gasteiger partial charge in [0, 0.05) is 0 Å². The van der Waals surface area contributed by atoms with Gasteiger partial charge in [0.1, 0.15) is 0 Å². The van der Waals surface area contributed by atoms with E-state index < -0.39 is 8.26 Å². The number of nitrogens with one attached hydrogen (secondary N) is 1. The van der Waals surface area contributed by atoms with Crippen molar-refractivity contribution < 1.29 is 13.0 Å². The van der Waals surface area contributed by atoms with Crippen LogP contribution in [0.15, 0.2) is 0 Å². The second kappa shape index (κ2) is 1.73. The van der Waals surface area contributed by atoms with Crippen molar-refractivity contribution in [1.82, 2.24) is 5.25 Å². The minimum atomic E-state index is -4.11. The Labute approximate surface area is 46.1 Å². The van der Waals surface area contributed by atoms with E-state index in [0.717, 1.165) is 0 Å². The fraction of sp³-hybridized carbons (Fsp3) is 0. The third kappa shape index (κ3) is 2.07. The summed E-state index contributed by atoms with van der Waals surface area (Å²) < 4.78 is 25.3. The van der Waals surface area contributed by atoms with Crippen LogP contribution in [0, 0.1) is 0 Å². The van der Waals surface area contributed by atoms with Crippen molar-refractivity contribution in [3.63, 3.8) is 0 Å². The van der Waals surface area contributed by atoms with Gasteiger partial charge in [0.15, 0.2) is 0 Å². The molecular formula is H3F2LiNOP. The molecule has 0 amide bonds. The van der Waals surface area contributed by atoms with E-state index in [1.54, 1.807) is 0 Å². The van der Waals surface area contributed by atoms with Crippen LogP contribution in [0.4, 0.5) is 8.39 Å². The molecule has 0 saturated carbocycles. The van der Waals surface area contributed by atoms with Gasteiger partial charge in [-0.05, 0) is 0 Å². The average Bonchev–Trinajstić information content (AvgIpc) is 1.76. The third-order valence-corrected chi connectivity index (χ3v) is 0.769. The Bertz CT molecular complexity index is 51.5. The fourth-order valence-corrected chi connectivity index (χ4v) is 0.347. The topological polar surface area (TPSA) is 34.5 Å². The van der Waals surface area contributed by atoms with Gasteiger partial charge in [-0.25, -0.2) is 0 Å². The van der Waals surface area contributed by atoms with Gasteiger partial charge in [-0.1, -0.05) is 0 Å². The van der Waals surface area contributed by atoms with Crippen molar-refractivity contribution in [1.29, 1.82) is 0 Å². The molecule has 1 rings (SSSR count). The van der Waals surface area contributed by atoms with Crippen LogP contribution in [-0.2, 0) is 4.62 Å². The van der Waals surface area contributed by atoms with E-state index in [-0.39, 0.29) is 18.9 Å². The Morgan fingerprint density at radius 3 is 1.67 bits per heavy atom. The van der Waals surface area contributed by atoms with E-state index in [2.05, 4.69) is 4.62 Å². The van der Waals surface area contributed by atoms with Gasteiger partial charge in [-0.15, -0.1) is 0 Å². The maximum absolute atomic E-state index is 10.9. The molecule has 6 heteroatoms. The molecule has 1 aliphatic heterocycles. The quantitative estimate of drug-likeness (QED) is 0.274. The molecule has 0 bridgehead atoms. The summed E-state index contributed by atoms with van der Waals surface area (Å²) in [5.74, 6) is 0. The van der Waals surface area contributed by atoms with Crippen LogP contribution < -0.4 is 5.25 Å². The van der Waals surface area contributed by atoms with E-state index in [0.29, 0.717) is 0 Å². The first-order valence-electron chi connectivity index (χ1n) is 1.04. The summed E-state index contributed by atoms with van der Waals surface area (Å²) in [5.41, 5.74) is 0. The zero-order valence-electron chi connectivity index (χ0n) is 2.16. The van der Waals surface area contributed by atoms with E-state index in [4.69, 9.17) is 0 Å². The molecule has 0 spiro atoms. The standard InChI is InChI=1S/F2H2NOP.Li.H/c1-5(2)3-4-5;;/h3,5H;;. The van der Waals surface area contributed by atoms with Gasteiger partial charge in [0.05, 0.1) is 0 Å². The maximum atomic E-state index is 10.9. The van der Waals surface area contributed by atoms with Crippen molar-refractivity contribution in [2.75, 3.05) is 0 Å². The minimum absolute atomic E-state index is 0. The second-order valence-electron chi connectivity index (χ2n) is 0.721. The molecule has 34 valence electrons. The van der Waals surface area contributed by atoms with Crippen LogP contribution in [-0.4, -0.2) is 18.9 Å². The molecule has 0 aliphatic carbocycles. The van der Waals surface area contributed by atoms with Crippen molar-refractivity contribution in [3.05, 3.63) is 0 Å². The van der Waals surface area contributed by atoms with E-state index in [9.17, 15) is 8.39 Å². The molecule has 0 aromatic carbocycles. The molecule has 0 aromatic rings. The number of halogens is 2. The molecule has 1 aliphatic rings. The van der Waals surface area contributed by atoms with Crippen molar-refractivity contribution in [2.24, 2.45) is 0 Å². The number of hydrogen-bond acceptors (Lipinski definition) is 2. The summed E-state index contributed by atoms with van der Waals surface area (Å²) in [7, 11) is -4.11. The molecule has 1 saturated heterocycles. The molecular weight excluding hydrogens is 106 g/mol. The molecule has 1 heterocycles. The predicted molar refractivity (Wildman–Crippen MR) is 21.9 cm³/mol. The first-order valence-corrected chi connectivity index (χ1v) is 2.70. The molecule has 0 unspecified atom stereocenters. The average molecular weight is 109 g/mol.